The van der Waals surface area contributed by atoms with Crippen LogP contribution in [0.1, 0.15) is 456 Å². The molecule has 150 heavy (non-hydrogen) atoms. The van der Waals surface area contributed by atoms with E-state index in [0.29, 0.717) is 0 Å². The molecule has 0 radical (unpaired) electrons. The van der Waals surface area contributed by atoms with Gasteiger partial charge in [0, 0.05) is 0 Å². The molecule has 30 heteroatoms. The van der Waals surface area contributed by atoms with Crippen LogP contribution >= 0.6 is 0 Å². The van der Waals surface area contributed by atoms with Crippen LogP contribution in [0.5, 0.6) is 0 Å². The van der Waals surface area contributed by atoms with E-state index in [9.17, 15) is 0 Å². The van der Waals surface area contributed by atoms with Crippen molar-refractivity contribution in [2.24, 2.45) is 0 Å². The Morgan fingerprint density at radius 2 is 0.307 bits per heavy atom. The molecule has 0 fully saturated rings. The summed E-state index contributed by atoms with van der Waals surface area (Å²) in [4.78, 5) is 44.7. The van der Waals surface area contributed by atoms with Gasteiger partial charge in [0.25, 0.3) is 0 Å². The van der Waals surface area contributed by atoms with E-state index in [-0.39, 0.29) is 178 Å². The van der Waals surface area contributed by atoms with E-state index in [2.05, 4.69) is 547 Å². The van der Waals surface area contributed by atoms with Crippen molar-refractivity contribution in [2.75, 3.05) is 147 Å². The fourth-order valence-corrected chi connectivity index (χ4v) is 36.5. The largest absolute Gasteiger partial charge is 3.00 e. The normalized spacial score (nSPS) is 12.7. The molecule has 0 unspecified atom stereocenters. The SMILES string of the molecule is CC(C)(C)[N-]C(C)(C)C.CC(C)(C)[N-]C(C)(C)C.CC(C)(C)[N-]C(C)(C)C.CC(C)(C)[N-]C(C)(C)C.CC(C)(C)[N-]C(C)(C)C.CC(C)(C)[N-]C(C)(C)C.CCN(CC)CC(C)(C)[N-][Si](CC)(CC)CC.CCN(CC)CCC[N-][Si](CC)(CC)CC.CCN(CC)CC[N-][Si](CC)(CC)CC.CC[Si](CC)(CC)[N-]C(C)(C)CN(C)C.CC[Si](CC)(CC)[N-]CCCN(C)C.CC[Si](CC)(CC)[N-]CCN(C)C.[Co+3].[Co+3].[Co+3].[Co+3].[Co+3].[Co+3]. The fourth-order valence-electron chi connectivity index (χ4n) is 18.8. The summed E-state index contributed by atoms with van der Waals surface area (Å²) in [7, 11) is 5.29. The second-order valence-corrected chi connectivity index (χ2v) is 84.0. The van der Waals surface area contributed by atoms with Gasteiger partial charge >= 0.3 is 101 Å². The Balaban J connectivity index is -0.0000000795. The molecule has 18 nitrogen and oxygen atoms in total. The number of likely N-dealkylation sites (N-methyl/N-ethyl adjacent to an activating group) is 4. The maximum atomic E-state index is 5.33. The third-order valence-corrected chi connectivity index (χ3v) is 54.5. The zero-order valence-corrected chi connectivity index (χ0v) is 128. The molecule has 0 N–H and O–H groups in total. The first-order valence-corrected chi connectivity index (χ1v) is 74.7. The molecule has 0 saturated heterocycles. The van der Waals surface area contributed by atoms with Gasteiger partial charge in [-0.05, 0) is 121 Å². The minimum absolute atomic E-state index is 0. The molecule has 0 aromatic rings. The van der Waals surface area contributed by atoms with Crippen molar-refractivity contribution >= 4 is 49.4 Å². The third kappa shape index (κ3) is 138. The Labute approximate surface area is 1020 Å². The molecule has 0 aliphatic heterocycles. The summed E-state index contributed by atoms with van der Waals surface area (Å²) in [6, 6.07) is 23.6. The van der Waals surface area contributed by atoms with Crippen LogP contribution in [0.15, 0.2) is 0 Å². The molecule has 924 valence electrons. The van der Waals surface area contributed by atoms with E-state index in [1.165, 1.54) is 148 Å². The summed E-state index contributed by atoms with van der Waals surface area (Å²) >= 11 is 0. The molecule has 0 saturated carbocycles. The van der Waals surface area contributed by atoms with Crippen LogP contribution in [-0.2, 0) is 101 Å². The van der Waals surface area contributed by atoms with Gasteiger partial charge in [0.05, 0.1) is 0 Å². The molecular weight excluding hydrogens is 2220 g/mol. The number of nitrogens with zero attached hydrogens (tertiary/aromatic N) is 18. The van der Waals surface area contributed by atoms with Crippen LogP contribution in [0, 0.1) is 0 Å². The van der Waals surface area contributed by atoms with Crippen molar-refractivity contribution in [3.8, 4) is 0 Å². The second-order valence-electron chi connectivity index (χ2n) is 54.9. The molecule has 0 bridgehead atoms. The molecule has 0 spiro atoms. The van der Waals surface area contributed by atoms with Crippen molar-refractivity contribution in [3.05, 3.63) is 61.8 Å². The molecule has 0 aromatic heterocycles. The maximum absolute atomic E-state index is 5.33. The topological polar surface area (TPSA) is 189 Å². The van der Waals surface area contributed by atoms with Gasteiger partial charge in [-0.2, -0.15) is 0 Å². The number of rotatable bonds is 50. The van der Waals surface area contributed by atoms with Crippen LogP contribution in [-0.4, -0.2) is 303 Å². The zero-order chi connectivity index (χ0) is 117. The Kier molecular flexibility index (Phi) is 127. The van der Waals surface area contributed by atoms with Crippen LogP contribution in [0.25, 0.3) is 61.8 Å². The van der Waals surface area contributed by atoms with Crippen molar-refractivity contribution in [1.29, 1.82) is 0 Å². The van der Waals surface area contributed by atoms with E-state index < -0.39 is 49.4 Å². The number of hydrogen-bond donors (Lipinski definition) is 0. The molecule has 0 aromatic carbocycles. The van der Waals surface area contributed by atoms with Gasteiger partial charge in [-0.25, -0.2) is 0 Å². The monoisotopic (exact) mass is 2500 g/mol. The minimum Gasteiger partial charge on any atom is -0.664 e. The van der Waals surface area contributed by atoms with Gasteiger partial charge < -0.3 is 91.2 Å². The van der Waals surface area contributed by atoms with Crippen LogP contribution < -0.4 is 0 Å². The van der Waals surface area contributed by atoms with Gasteiger partial charge in [0.2, 0.25) is 0 Å². The maximum Gasteiger partial charge on any atom is 3.00 e. The predicted molar refractivity (Wildman–Crippen MR) is 696 cm³/mol. The van der Waals surface area contributed by atoms with E-state index >= 15 is 0 Å². The van der Waals surface area contributed by atoms with Gasteiger partial charge in [-0.1, -0.05) is 614 Å². The summed E-state index contributed by atoms with van der Waals surface area (Å²) in [5.74, 6) is 0. The Morgan fingerprint density at radius 3 is 0.447 bits per heavy atom. The zero-order valence-electron chi connectivity index (χ0n) is 116. The van der Waals surface area contributed by atoms with Gasteiger partial charge in [-0.15, -0.1) is 104 Å². The first-order valence-electron chi connectivity index (χ1n) is 59.3. The quantitative estimate of drug-likeness (QED) is 0.0430. The molecular formula is C120H282Co6N18Si6+6. The summed E-state index contributed by atoms with van der Waals surface area (Å²) in [6.45, 7) is 159. The average molecular weight is 2500 g/mol. The summed E-state index contributed by atoms with van der Waals surface area (Å²) in [6.07, 6.45) is 2.47. The summed E-state index contributed by atoms with van der Waals surface area (Å²) < 4.78 is 0. The van der Waals surface area contributed by atoms with Crippen LogP contribution in [0.2, 0.25) is 109 Å². The minimum atomic E-state index is -1.35. The third-order valence-electron chi connectivity index (χ3n) is 25.1. The van der Waals surface area contributed by atoms with Crippen LogP contribution in [0.3, 0.4) is 0 Å². The smallest absolute Gasteiger partial charge is 0.664 e. The molecule has 0 aliphatic carbocycles. The average Bonchev–Trinajstić information content (AvgIpc) is 0.837. The fraction of sp³-hybridized carbons (Fsp3) is 1.00. The van der Waals surface area contributed by atoms with Crippen molar-refractivity contribution in [3.63, 3.8) is 0 Å². The van der Waals surface area contributed by atoms with E-state index in [1.54, 1.807) is 0 Å². The standard InChI is InChI=1S/C14H33N2Si.C13H31N2Si.2C12H29N2Si.C11H27N2Si.C10H25N2Si.6C8H18N.6Co/c1-8-16(9-2)13-14(6,7)15-17(10-3,11-4)12-5;1-6-15(7-2)13-11-12-14-16(8-3,9-4)10-5;1-8-15(9-2,10-3)13-12(4,5)11-14(6)7;1-6-14(7-2)12-11-13-15(8-3,9-4)10-5;1-6-14(7-2,8-3)12-10-9-11-13(4)5;1-6-13(7-2,8-3)11-9-10-12(4)5;6*1-7(2,3)9-8(4,5)6;;;;;;/h8-13H2,1-7H3;6-13H2,1-5H3;8-11H2,1-7H3;6-12H2,1-5H3;6-11H2,1-5H3;6-10H2,1-5H3;6*1-6H3;;;;;;/q12*-1;6*+3. The van der Waals surface area contributed by atoms with Gasteiger partial charge in [-0.3, -0.25) is 0 Å². The molecule has 0 heterocycles. The summed E-state index contributed by atoms with van der Waals surface area (Å²) in [5, 5.41) is 27.3. The van der Waals surface area contributed by atoms with E-state index in [0.717, 1.165) is 78.5 Å². The van der Waals surface area contributed by atoms with Gasteiger partial charge in [0.15, 0.2) is 0 Å². The second kappa shape index (κ2) is 97.6. The van der Waals surface area contributed by atoms with Crippen molar-refractivity contribution in [2.45, 2.75) is 642 Å². The first-order chi connectivity index (χ1) is 64.5. The van der Waals surface area contributed by atoms with Crippen molar-refractivity contribution in [1.82, 2.24) is 29.4 Å². The molecule has 0 amide bonds. The molecule has 0 aliphatic rings. The number of hydrogen-bond acceptors (Lipinski definition) is 6. The van der Waals surface area contributed by atoms with Gasteiger partial charge in [0.1, 0.15) is 0 Å². The predicted octanol–water partition coefficient (Wildman–Crippen LogP) is 40.0. The van der Waals surface area contributed by atoms with Crippen LogP contribution in [0.4, 0.5) is 0 Å². The Hall–Kier alpha value is 3.62. The first kappa shape index (κ1) is 195. The Morgan fingerprint density at radius 1 is 0.160 bits per heavy atom. The van der Waals surface area contributed by atoms with E-state index in [4.69, 9.17) is 29.9 Å². The Bertz CT molecular complexity index is 2450. The van der Waals surface area contributed by atoms with Crippen molar-refractivity contribution < 1.29 is 101 Å². The summed E-state index contributed by atoms with van der Waals surface area (Å²) in [5.41, 5.74) is 1.56. The molecule has 0 rings (SSSR count). The van der Waals surface area contributed by atoms with E-state index in [1.807, 2.05) is 0 Å². The molecule has 0 atom stereocenters.